The van der Waals surface area contributed by atoms with Gasteiger partial charge in [-0.05, 0) is 112 Å². The molecule has 2 fully saturated rings. The Morgan fingerprint density at radius 2 is 1.50 bits per heavy atom. The fraction of sp³-hybridized carbons (Fsp3) is 0.667. The van der Waals surface area contributed by atoms with Crippen molar-refractivity contribution in [3.05, 3.63) is 35.4 Å². The lowest BCUT2D eigenvalue weighted by molar-refractivity contribution is -0.125. The number of ether oxygens (including phenoxy) is 1. The highest BCUT2D eigenvalue weighted by Crippen LogP contribution is 2.65. The second-order valence-corrected chi connectivity index (χ2v) is 26.0. The molecule has 0 radical (unpaired) electrons. The molecule has 4 nitrogen and oxygen atoms in total. The zero-order chi connectivity index (χ0) is 25.6. The van der Waals surface area contributed by atoms with Crippen LogP contribution in [0.1, 0.15) is 45.6 Å². The first-order valence-electron chi connectivity index (χ1n) is 12.9. The molecule has 34 heavy (non-hydrogen) atoms. The summed E-state index contributed by atoms with van der Waals surface area (Å²) in [6.07, 6.45) is 5.17. The lowest BCUT2D eigenvalue weighted by Gasteiger charge is -2.38. The Kier molecular flexibility index (Phi) is 7.68. The predicted octanol–water partition coefficient (Wildman–Crippen LogP) is 7.64. The van der Waals surface area contributed by atoms with Crippen molar-refractivity contribution in [2.75, 3.05) is 6.61 Å². The summed E-state index contributed by atoms with van der Waals surface area (Å²) in [4.78, 5) is 13.1. The molecule has 0 N–H and O–H groups in total. The molecule has 2 atom stereocenters. The van der Waals surface area contributed by atoms with Gasteiger partial charge in [-0.25, -0.2) is 0 Å². The second-order valence-electron chi connectivity index (χ2n) is 13.2. The van der Waals surface area contributed by atoms with E-state index in [0.29, 0.717) is 18.3 Å². The molecule has 1 aromatic rings. The van der Waals surface area contributed by atoms with Gasteiger partial charge in [0.1, 0.15) is 5.75 Å². The molecule has 0 spiro atoms. The van der Waals surface area contributed by atoms with Gasteiger partial charge in [0.05, 0.1) is 6.61 Å². The minimum atomic E-state index is -2.22. The average Bonchev–Trinajstić information content (AvgIpc) is 2.97. The molecule has 2 bridgehead atoms. The van der Waals surface area contributed by atoms with Gasteiger partial charge in [-0.15, -0.1) is 0 Å². The molecule has 1 aromatic carbocycles. The Morgan fingerprint density at radius 1 is 0.941 bits per heavy atom. The Balaban J connectivity index is 1.57. The third kappa shape index (κ3) is 6.03. The van der Waals surface area contributed by atoms with Crippen LogP contribution >= 0.6 is 0 Å². The van der Waals surface area contributed by atoms with E-state index < -0.39 is 25.2 Å². The minimum Gasteiger partial charge on any atom is -0.494 e. The number of carbonyl (C=O) groups is 1. The molecule has 2 aliphatic carbocycles. The Bertz CT molecular complexity index is 909. The highest BCUT2D eigenvalue weighted by molar-refractivity contribution is 6.87. The summed E-state index contributed by atoms with van der Waals surface area (Å²) in [5.41, 5.74) is 1.94. The zero-order valence-corrected chi connectivity index (χ0v) is 26.1. The van der Waals surface area contributed by atoms with Gasteiger partial charge in [-0.3, -0.25) is 4.79 Å². The van der Waals surface area contributed by atoms with Crippen LogP contribution in [0.5, 0.6) is 5.75 Å². The van der Waals surface area contributed by atoms with Gasteiger partial charge in [0.2, 0.25) is 0 Å². The van der Waals surface area contributed by atoms with E-state index in [4.69, 9.17) is 13.0 Å². The van der Waals surface area contributed by atoms with E-state index in [0.717, 1.165) is 42.2 Å². The van der Waals surface area contributed by atoms with Crippen molar-refractivity contribution in [1.29, 1.82) is 0 Å². The summed E-state index contributed by atoms with van der Waals surface area (Å²) in [7, 11) is -5.56. The Morgan fingerprint density at radius 3 is 1.97 bits per heavy atom. The van der Waals surface area contributed by atoms with Crippen molar-refractivity contribution < 1.29 is 17.8 Å². The lowest BCUT2D eigenvalue weighted by atomic mass is 9.70. The van der Waals surface area contributed by atoms with Crippen LogP contribution in [-0.2, 0) is 13.0 Å². The Hall–Kier alpha value is -0.999. The lowest BCUT2D eigenvalue weighted by Crippen LogP contribution is -2.52. The van der Waals surface area contributed by atoms with Gasteiger partial charge < -0.3 is 13.0 Å². The highest BCUT2D eigenvalue weighted by atomic mass is 28.5. The molecule has 190 valence electrons. The SMILES string of the molecule is CC12CCC(C(=Cc3ccc(OCCC[Si](C)(O[Si](C)(C)C)O[Si](C)(C)C)cc3)C1=O)C2(C)C. The first kappa shape index (κ1) is 27.6. The third-order valence-corrected chi connectivity index (χ3v) is 17.3. The number of rotatable bonds is 10. The molecule has 3 rings (SSSR count). The molecule has 0 amide bonds. The van der Waals surface area contributed by atoms with Crippen molar-refractivity contribution in [1.82, 2.24) is 0 Å². The fourth-order valence-corrected chi connectivity index (χ4v) is 18.4. The number of ketones is 1. The van der Waals surface area contributed by atoms with Gasteiger partial charge in [0.15, 0.2) is 22.4 Å². The summed E-state index contributed by atoms with van der Waals surface area (Å²) < 4.78 is 19.2. The van der Waals surface area contributed by atoms with E-state index in [1.807, 2.05) is 12.1 Å². The van der Waals surface area contributed by atoms with Gasteiger partial charge in [0, 0.05) is 5.41 Å². The van der Waals surface area contributed by atoms with Crippen LogP contribution in [0, 0.1) is 16.7 Å². The van der Waals surface area contributed by atoms with Crippen LogP contribution in [-0.4, -0.2) is 37.6 Å². The molecule has 0 heterocycles. The molecular weight excluding hydrogens is 473 g/mol. The monoisotopic (exact) mass is 518 g/mol. The van der Waals surface area contributed by atoms with E-state index in [1.54, 1.807) is 0 Å². The van der Waals surface area contributed by atoms with Crippen LogP contribution in [0.3, 0.4) is 0 Å². The number of hydrogen-bond donors (Lipinski definition) is 0. The smallest absolute Gasteiger partial charge is 0.314 e. The molecule has 2 unspecified atom stereocenters. The molecule has 7 heteroatoms. The van der Waals surface area contributed by atoms with Crippen LogP contribution in [0.25, 0.3) is 6.08 Å². The summed E-state index contributed by atoms with van der Waals surface area (Å²) in [5, 5.41) is 0. The number of carbonyl (C=O) groups excluding carboxylic acids is 1. The van der Waals surface area contributed by atoms with E-state index in [2.05, 4.69) is 84.8 Å². The number of hydrogen-bond acceptors (Lipinski definition) is 4. The average molecular weight is 519 g/mol. The summed E-state index contributed by atoms with van der Waals surface area (Å²) in [6, 6.07) is 9.12. The van der Waals surface area contributed by atoms with Crippen molar-refractivity contribution in [3.8, 4) is 5.75 Å². The van der Waals surface area contributed by atoms with E-state index in [9.17, 15) is 4.79 Å². The van der Waals surface area contributed by atoms with Gasteiger partial charge in [0.25, 0.3) is 0 Å². The van der Waals surface area contributed by atoms with Gasteiger partial charge in [-0.2, -0.15) is 0 Å². The number of benzene rings is 1. The molecule has 0 saturated heterocycles. The zero-order valence-electron chi connectivity index (χ0n) is 23.1. The highest BCUT2D eigenvalue weighted by Gasteiger charge is 2.63. The summed E-state index contributed by atoms with van der Waals surface area (Å²) in [5.74, 6) is 1.59. The van der Waals surface area contributed by atoms with E-state index in [1.165, 1.54) is 0 Å². The first-order valence-corrected chi connectivity index (χ1v) is 22.2. The molecule has 2 aliphatic rings. The normalized spacial score (nSPS) is 25.9. The molecule has 0 aromatic heterocycles. The van der Waals surface area contributed by atoms with E-state index in [-0.39, 0.29) is 10.8 Å². The van der Waals surface area contributed by atoms with Crippen molar-refractivity contribution in [2.45, 2.75) is 91.9 Å². The Labute approximate surface area is 211 Å². The van der Waals surface area contributed by atoms with Crippen molar-refractivity contribution >= 4 is 37.1 Å². The number of fused-ring (bicyclic) bond motifs is 2. The van der Waals surface area contributed by atoms with Gasteiger partial charge >= 0.3 is 8.56 Å². The minimum absolute atomic E-state index is 0.0508. The largest absolute Gasteiger partial charge is 0.494 e. The van der Waals surface area contributed by atoms with Crippen LogP contribution in [0.4, 0.5) is 0 Å². The summed E-state index contributed by atoms with van der Waals surface area (Å²) in [6.45, 7) is 23.0. The van der Waals surface area contributed by atoms with Crippen LogP contribution in [0.15, 0.2) is 29.8 Å². The number of Topliss-reactive ketones (excluding diaryl/α,β-unsaturated/α-hetero) is 1. The maximum atomic E-state index is 13.1. The van der Waals surface area contributed by atoms with Crippen LogP contribution in [0.2, 0.25) is 51.9 Å². The van der Waals surface area contributed by atoms with Gasteiger partial charge in [-0.1, -0.05) is 32.9 Å². The predicted molar refractivity (Wildman–Crippen MR) is 149 cm³/mol. The third-order valence-electron chi connectivity index (χ3n) is 7.66. The number of allylic oxidation sites excluding steroid dienone is 1. The quantitative estimate of drug-likeness (QED) is 0.181. The molecule has 0 aliphatic heterocycles. The second kappa shape index (κ2) is 9.47. The maximum Gasteiger partial charge on any atom is 0.314 e. The van der Waals surface area contributed by atoms with Crippen LogP contribution < -0.4 is 4.74 Å². The molecular formula is C27H46O4Si3. The standard InChI is InChI=1S/C27H46O4Si3/c1-26(2)24-16-17-27(26,3)25(28)23(24)20-21-12-14-22(15-13-21)29-18-11-19-34(10,30-32(4,5)6)31-33(7,8)9/h12-15,20,24H,11,16-19H2,1-10H3. The topological polar surface area (TPSA) is 44.8 Å². The first-order chi connectivity index (χ1) is 15.5. The van der Waals surface area contributed by atoms with Crippen molar-refractivity contribution in [3.63, 3.8) is 0 Å². The molecule has 2 saturated carbocycles. The maximum absolute atomic E-state index is 13.1. The fourth-order valence-electron chi connectivity index (χ4n) is 5.94. The van der Waals surface area contributed by atoms with Crippen molar-refractivity contribution in [2.24, 2.45) is 16.7 Å². The summed E-state index contributed by atoms with van der Waals surface area (Å²) >= 11 is 0. The van der Waals surface area contributed by atoms with E-state index >= 15 is 0 Å².